The van der Waals surface area contributed by atoms with Gasteiger partial charge in [0, 0.05) is 18.1 Å². The summed E-state index contributed by atoms with van der Waals surface area (Å²) in [6, 6.07) is 2.13. The van der Waals surface area contributed by atoms with E-state index < -0.39 is 0 Å². The fourth-order valence-electron chi connectivity index (χ4n) is 3.27. The Kier molecular flexibility index (Phi) is 6.50. The van der Waals surface area contributed by atoms with Crippen LogP contribution in [0.3, 0.4) is 0 Å². The Hall–Kier alpha value is -0.0800. The average Bonchev–Trinajstić information content (AvgIpc) is 2.28. The zero-order chi connectivity index (χ0) is 12.8. The van der Waals surface area contributed by atoms with Gasteiger partial charge >= 0.3 is 0 Å². The van der Waals surface area contributed by atoms with Gasteiger partial charge in [-0.25, -0.2) is 0 Å². The third-order valence-corrected chi connectivity index (χ3v) is 4.19. The molecule has 0 aromatic carbocycles. The highest BCUT2D eigenvalue weighted by atomic mass is 15.2. The smallest absolute Gasteiger partial charge is 0.0254 e. The zero-order valence-electron chi connectivity index (χ0n) is 12.5. The lowest BCUT2D eigenvalue weighted by molar-refractivity contribution is 0.0799. The molecule has 0 amide bonds. The van der Waals surface area contributed by atoms with Crippen LogP contribution in [0, 0.1) is 5.92 Å². The average molecular weight is 240 g/mol. The van der Waals surface area contributed by atoms with Crippen molar-refractivity contribution in [1.82, 2.24) is 10.2 Å². The molecule has 0 aliphatic heterocycles. The Bertz CT molecular complexity index is 201. The molecule has 1 N–H and O–H groups in total. The van der Waals surface area contributed by atoms with Crippen molar-refractivity contribution in [3.05, 3.63) is 0 Å². The Morgan fingerprint density at radius 2 is 1.94 bits per heavy atom. The third kappa shape index (κ3) is 4.26. The molecule has 102 valence electrons. The van der Waals surface area contributed by atoms with Crippen molar-refractivity contribution in [2.24, 2.45) is 5.92 Å². The lowest BCUT2D eigenvalue weighted by Gasteiger charge is -2.44. The van der Waals surface area contributed by atoms with Crippen molar-refractivity contribution < 1.29 is 0 Å². The highest BCUT2D eigenvalue weighted by Crippen LogP contribution is 2.28. The Balaban J connectivity index is 2.65. The molecule has 0 aromatic rings. The van der Waals surface area contributed by atoms with Gasteiger partial charge in [0.25, 0.3) is 0 Å². The normalized spacial score (nSPS) is 30.2. The summed E-state index contributed by atoms with van der Waals surface area (Å²) in [5.74, 6) is 0.896. The van der Waals surface area contributed by atoms with Crippen LogP contribution in [0.15, 0.2) is 0 Å². The molecule has 0 spiro atoms. The van der Waals surface area contributed by atoms with E-state index in [1.807, 2.05) is 0 Å². The first-order valence-electron chi connectivity index (χ1n) is 7.59. The monoisotopic (exact) mass is 240 g/mol. The van der Waals surface area contributed by atoms with Crippen molar-refractivity contribution in [3.63, 3.8) is 0 Å². The molecule has 1 aliphatic carbocycles. The number of hydrogen-bond donors (Lipinski definition) is 1. The van der Waals surface area contributed by atoms with Crippen LogP contribution in [-0.2, 0) is 0 Å². The molecule has 1 rings (SSSR count). The Morgan fingerprint density at radius 1 is 1.24 bits per heavy atom. The number of nitrogens with zero attached hydrogens (tertiary/aromatic N) is 1. The maximum Gasteiger partial charge on any atom is 0.0254 e. The molecule has 1 saturated carbocycles. The summed E-state index contributed by atoms with van der Waals surface area (Å²) in [4.78, 5) is 2.68. The van der Waals surface area contributed by atoms with Crippen LogP contribution in [-0.4, -0.2) is 36.1 Å². The van der Waals surface area contributed by atoms with Crippen LogP contribution in [0.2, 0.25) is 0 Å². The van der Waals surface area contributed by atoms with Gasteiger partial charge in [-0.15, -0.1) is 0 Å². The summed E-state index contributed by atoms with van der Waals surface area (Å²) >= 11 is 0. The van der Waals surface area contributed by atoms with Crippen molar-refractivity contribution in [1.29, 1.82) is 0 Å². The van der Waals surface area contributed by atoms with Crippen LogP contribution in [0.4, 0.5) is 0 Å². The van der Waals surface area contributed by atoms with Gasteiger partial charge in [-0.05, 0) is 58.5 Å². The Morgan fingerprint density at radius 3 is 2.47 bits per heavy atom. The summed E-state index contributed by atoms with van der Waals surface area (Å²) in [7, 11) is 0. The summed E-state index contributed by atoms with van der Waals surface area (Å²) in [5, 5.41) is 3.77. The van der Waals surface area contributed by atoms with Gasteiger partial charge in [-0.1, -0.05) is 20.8 Å². The molecular formula is C15H32N2. The number of hydrogen-bond acceptors (Lipinski definition) is 2. The van der Waals surface area contributed by atoms with Gasteiger partial charge in [0.15, 0.2) is 0 Å². The fourth-order valence-corrected chi connectivity index (χ4v) is 3.27. The molecule has 0 radical (unpaired) electrons. The minimum atomic E-state index is 0.668. The summed E-state index contributed by atoms with van der Waals surface area (Å²) in [6.07, 6.45) is 5.36. The minimum absolute atomic E-state index is 0.668. The Labute approximate surface area is 108 Å². The lowest BCUT2D eigenvalue weighted by atomic mass is 9.82. The van der Waals surface area contributed by atoms with E-state index in [0.717, 1.165) is 12.0 Å². The lowest BCUT2D eigenvalue weighted by Crippen LogP contribution is -2.55. The molecule has 3 atom stereocenters. The maximum absolute atomic E-state index is 3.77. The second kappa shape index (κ2) is 7.38. The van der Waals surface area contributed by atoms with E-state index in [4.69, 9.17) is 0 Å². The first kappa shape index (κ1) is 15.0. The first-order valence-corrected chi connectivity index (χ1v) is 7.59. The van der Waals surface area contributed by atoms with Gasteiger partial charge < -0.3 is 5.32 Å². The maximum atomic E-state index is 3.77. The van der Waals surface area contributed by atoms with Crippen LogP contribution in [0.1, 0.15) is 60.3 Å². The molecule has 0 bridgehead atoms. The van der Waals surface area contributed by atoms with E-state index in [9.17, 15) is 0 Å². The predicted molar refractivity (Wildman–Crippen MR) is 76.4 cm³/mol. The van der Waals surface area contributed by atoms with E-state index in [-0.39, 0.29) is 0 Å². The molecule has 3 unspecified atom stereocenters. The van der Waals surface area contributed by atoms with E-state index in [2.05, 4.69) is 44.8 Å². The second-order valence-corrected chi connectivity index (χ2v) is 5.97. The van der Waals surface area contributed by atoms with Gasteiger partial charge in [0.2, 0.25) is 0 Å². The molecule has 0 heterocycles. The van der Waals surface area contributed by atoms with Crippen LogP contribution in [0.5, 0.6) is 0 Å². The summed E-state index contributed by atoms with van der Waals surface area (Å²) < 4.78 is 0. The molecule has 2 heteroatoms. The molecule has 1 aliphatic rings. The van der Waals surface area contributed by atoms with Gasteiger partial charge in [-0.3, -0.25) is 4.90 Å². The first-order chi connectivity index (χ1) is 8.10. The van der Waals surface area contributed by atoms with Crippen LogP contribution in [0.25, 0.3) is 0 Å². The molecule has 0 saturated heterocycles. The highest BCUT2D eigenvalue weighted by molar-refractivity contribution is 4.91. The second-order valence-electron chi connectivity index (χ2n) is 5.97. The largest absolute Gasteiger partial charge is 0.312 e. The van der Waals surface area contributed by atoms with Gasteiger partial charge in [0.05, 0.1) is 0 Å². The van der Waals surface area contributed by atoms with Crippen LogP contribution >= 0.6 is 0 Å². The van der Waals surface area contributed by atoms with E-state index in [1.54, 1.807) is 0 Å². The van der Waals surface area contributed by atoms with Crippen molar-refractivity contribution in [2.45, 2.75) is 78.4 Å². The van der Waals surface area contributed by atoms with E-state index >= 15 is 0 Å². The van der Waals surface area contributed by atoms with Crippen molar-refractivity contribution in [3.8, 4) is 0 Å². The standard InChI is InChI=1S/C15H32N2/c1-6-10-16-14-9-8-13(5)11-15(14)17(7-2)12(3)4/h12-16H,6-11H2,1-5H3. The summed E-state index contributed by atoms with van der Waals surface area (Å²) in [6.45, 7) is 14.0. The summed E-state index contributed by atoms with van der Waals surface area (Å²) in [5.41, 5.74) is 0. The van der Waals surface area contributed by atoms with Gasteiger partial charge in [0.1, 0.15) is 0 Å². The zero-order valence-corrected chi connectivity index (χ0v) is 12.5. The predicted octanol–water partition coefficient (Wildman–Crippen LogP) is 3.27. The number of rotatable bonds is 6. The van der Waals surface area contributed by atoms with Gasteiger partial charge in [-0.2, -0.15) is 0 Å². The number of nitrogens with one attached hydrogen (secondary N) is 1. The molecular weight excluding hydrogens is 208 g/mol. The van der Waals surface area contributed by atoms with E-state index in [1.165, 1.54) is 38.8 Å². The van der Waals surface area contributed by atoms with E-state index in [0.29, 0.717) is 12.1 Å². The SMILES string of the molecule is CCCNC1CCC(C)CC1N(CC)C(C)C. The van der Waals surface area contributed by atoms with Crippen LogP contribution < -0.4 is 5.32 Å². The third-order valence-electron chi connectivity index (χ3n) is 4.19. The number of likely N-dealkylation sites (N-methyl/N-ethyl adjacent to an activating group) is 1. The molecule has 2 nitrogen and oxygen atoms in total. The quantitative estimate of drug-likeness (QED) is 0.766. The minimum Gasteiger partial charge on any atom is -0.312 e. The molecule has 0 aromatic heterocycles. The van der Waals surface area contributed by atoms with Crippen molar-refractivity contribution >= 4 is 0 Å². The molecule has 1 fully saturated rings. The van der Waals surface area contributed by atoms with Crippen molar-refractivity contribution in [2.75, 3.05) is 13.1 Å². The molecule has 17 heavy (non-hydrogen) atoms. The fraction of sp³-hybridized carbons (Fsp3) is 1.00. The topological polar surface area (TPSA) is 15.3 Å². The highest BCUT2D eigenvalue weighted by Gasteiger charge is 2.32.